The van der Waals surface area contributed by atoms with Crippen LogP contribution < -0.4 is 14.8 Å². The molecule has 0 unspecified atom stereocenters. The van der Waals surface area contributed by atoms with Gasteiger partial charge in [-0.05, 0) is 18.2 Å². The summed E-state index contributed by atoms with van der Waals surface area (Å²) < 4.78 is 10.7. The van der Waals surface area contributed by atoms with Crippen molar-refractivity contribution in [3.63, 3.8) is 0 Å². The molecule has 0 aliphatic heterocycles. The van der Waals surface area contributed by atoms with Crippen molar-refractivity contribution in [3.05, 3.63) is 48.8 Å². The van der Waals surface area contributed by atoms with Gasteiger partial charge in [-0.25, -0.2) is 9.97 Å². The Bertz CT molecular complexity index is 1330. The van der Waals surface area contributed by atoms with E-state index in [-0.39, 0.29) is 0 Å². The maximum Gasteiger partial charge on any atom is 0.162 e. The zero-order valence-corrected chi connectivity index (χ0v) is 15.7. The summed E-state index contributed by atoms with van der Waals surface area (Å²) in [5, 5.41) is 18.5. The summed E-state index contributed by atoms with van der Waals surface area (Å²) in [6, 6.07) is 11.5. The standard InChI is InChI=1S/C20H17N7O2/c1-28-16-6-5-13(8-17(16)29-2)23-20-18-15(10-22-27-18)24-19(25-20)11-3-4-12-9-21-26-14(12)7-11/h3-10H,1-2H3,(H,21,26)(H,22,27)(H,23,24,25). The Labute approximate surface area is 165 Å². The third-order valence-electron chi connectivity index (χ3n) is 4.65. The van der Waals surface area contributed by atoms with Crippen LogP contribution in [0.25, 0.3) is 33.3 Å². The van der Waals surface area contributed by atoms with E-state index in [1.54, 1.807) is 26.6 Å². The fourth-order valence-corrected chi connectivity index (χ4v) is 3.19. The van der Waals surface area contributed by atoms with Crippen molar-refractivity contribution in [3.8, 4) is 22.9 Å². The second-order valence-corrected chi connectivity index (χ2v) is 6.39. The van der Waals surface area contributed by atoms with Crippen molar-refractivity contribution in [1.82, 2.24) is 30.4 Å². The van der Waals surface area contributed by atoms with Crippen LogP contribution >= 0.6 is 0 Å². The Balaban J connectivity index is 1.59. The van der Waals surface area contributed by atoms with Gasteiger partial charge in [0.05, 0.1) is 32.1 Å². The number of H-pyrrole nitrogens is 2. The number of anilines is 2. The number of rotatable bonds is 5. The summed E-state index contributed by atoms with van der Waals surface area (Å²) in [6.45, 7) is 0. The molecule has 0 saturated heterocycles. The fourth-order valence-electron chi connectivity index (χ4n) is 3.19. The number of nitrogens with zero attached hydrogens (tertiary/aromatic N) is 4. The predicted octanol–water partition coefficient (Wildman–Crippen LogP) is 3.66. The maximum absolute atomic E-state index is 5.39. The molecule has 3 aromatic heterocycles. The summed E-state index contributed by atoms with van der Waals surface area (Å²) in [7, 11) is 3.20. The van der Waals surface area contributed by atoms with Gasteiger partial charge in [0.1, 0.15) is 11.0 Å². The molecule has 0 amide bonds. The maximum atomic E-state index is 5.39. The van der Waals surface area contributed by atoms with Gasteiger partial charge >= 0.3 is 0 Å². The Morgan fingerprint density at radius 3 is 2.59 bits per heavy atom. The number of ether oxygens (including phenoxy) is 2. The van der Waals surface area contributed by atoms with Gasteiger partial charge in [0.15, 0.2) is 23.1 Å². The molecule has 3 heterocycles. The van der Waals surface area contributed by atoms with Crippen LogP contribution in [0.5, 0.6) is 11.5 Å². The molecule has 0 aliphatic carbocycles. The van der Waals surface area contributed by atoms with Crippen LogP contribution in [0.1, 0.15) is 0 Å². The number of hydrogen-bond acceptors (Lipinski definition) is 7. The number of fused-ring (bicyclic) bond motifs is 2. The first-order chi connectivity index (χ1) is 14.2. The molecule has 144 valence electrons. The van der Waals surface area contributed by atoms with Crippen LogP contribution in [0.4, 0.5) is 11.5 Å². The molecule has 0 radical (unpaired) electrons. The van der Waals surface area contributed by atoms with Crippen molar-refractivity contribution >= 4 is 33.4 Å². The Kier molecular flexibility index (Phi) is 3.98. The lowest BCUT2D eigenvalue weighted by Gasteiger charge is -2.12. The highest BCUT2D eigenvalue weighted by Gasteiger charge is 2.13. The summed E-state index contributed by atoms with van der Waals surface area (Å²) in [5.41, 5.74) is 4.02. The zero-order chi connectivity index (χ0) is 19.8. The van der Waals surface area contributed by atoms with Crippen molar-refractivity contribution in [1.29, 1.82) is 0 Å². The third kappa shape index (κ3) is 2.98. The van der Waals surface area contributed by atoms with E-state index in [1.165, 1.54) is 0 Å². The number of hydrogen-bond donors (Lipinski definition) is 3. The van der Waals surface area contributed by atoms with Gasteiger partial charge in [0, 0.05) is 22.7 Å². The second kappa shape index (κ2) is 6.79. The van der Waals surface area contributed by atoms with Crippen LogP contribution in [-0.4, -0.2) is 44.6 Å². The van der Waals surface area contributed by atoms with Gasteiger partial charge in [0.25, 0.3) is 0 Å². The second-order valence-electron chi connectivity index (χ2n) is 6.39. The predicted molar refractivity (Wildman–Crippen MR) is 110 cm³/mol. The van der Waals surface area contributed by atoms with Crippen molar-refractivity contribution in [2.24, 2.45) is 0 Å². The van der Waals surface area contributed by atoms with Crippen LogP contribution in [0.3, 0.4) is 0 Å². The van der Waals surface area contributed by atoms with Crippen molar-refractivity contribution < 1.29 is 9.47 Å². The highest BCUT2D eigenvalue weighted by Crippen LogP contribution is 2.32. The molecular formula is C20H17N7O2. The minimum atomic E-state index is 0.582. The summed E-state index contributed by atoms with van der Waals surface area (Å²) in [6.07, 6.45) is 3.46. The highest BCUT2D eigenvalue weighted by atomic mass is 16.5. The molecule has 2 aromatic carbocycles. The lowest BCUT2D eigenvalue weighted by Crippen LogP contribution is -2.00. The quantitative estimate of drug-likeness (QED) is 0.422. The minimum Gasteiger partial charge on any atom is -0.493 e. The van der Waals surface area contributed by atoms with E-state index < -0.39 is 0 Å². The Morgan fingerprint density at radius 1 is 0.862 bits per heavy atom. The van der Waals surface area contributed by atoms with Gasteiger partial charge < -0.3 is 14.8 Å². The molecule has 0 bridgehead atoms. The number of nitrogens with one attached hydrogen (secondary N) is 3. The summed E-state index contributed by atoms with van der Waals surface area (Å²) >= 11 is 0. The lowest BCUT2D eigenvalue weighted by atomic mass is 10.1. The molecule has 9 nitrogen and oxygen atoms in total. The molecule has 5 rings (SSSR count). The van der Waals surface area contributed by atoms with Gasteiger partial charge in [0.2, 0.25) is 0 Å². The SMILES string of the molecule is COc1ccc(Nc2nc(-c3ccc4cn[nH]c4c3)nc3cn[nH]c23)cc1OC. The molecule has 0 fully saturated rings. The van der Waals surface area contributed by atoms with Gasteiger partial charge in [-0.3, -0.25) is 10.2 Å². The molecular weight excluding hydrogens is 370 g/mol. The molecule has 0 aliphatic rings. The van der Waals surface area contributed by atoms with E-state index in [0.717, 1.165) is 22.2 Å². The molecule has 0 spiro atoms. The van der Waals surface area contributed by atoms with Gasteiger partial charge in [-0.15, -0.1) is 0 Å². The monoisotopic (exact) mass is 387 g/mol. The van der Waals surface area contributed by atoms with Crippen LogP contribution in [0.2, 0.25) is 0 Å². The van der Waals surface area contributed by atoms with Crippen molar-refractivity contribution in [2.45, 2.75) is 0 Å². The van der Waals surface area contributed by atoms with Crippen LogP contribution in [0.15, 0.2) is 48.8 Å². The number of benzene rings is 2. The molecule has 0 atom stereocenters. The molecule has 3 N–H and O–H groups in total. The van der Waals surface area contributed by atoms with E-state index in [9.17, 15) is 0 Å². The molecule has 5 aromatic rings. The normalized spacial score (nSPS) is 11.1. The highest BCUT2D eigenvalue weighted by molar-refractivity contribution is 5.90. The minimum absolute atomic E-state index is 0.582. The largest absolute Gasteiger partial charge is 0.493 e. The average molecular weight is 387 g/mol. The first kappa shape index (κ1) is 17.0. The van der Waals surface area contributed by atoms with E-state index >= 15 is 0 Å². The van der Waals surface area contributed by atoms with E-state index in [2.05, 4.69) is 30.7 Å². The van der Waals surface area contributed by atoms with E-state index in [0.29, 0.717) is 34.2 Å². The Morgan fingerprint density at radius 2 is 1.72 bits per heavy atom. The molecule has 0 saturated carbocycles. The molecule has 29 heavy (non-hydrogen) atoms. The Hall–Kier alpha value is -4.14. The fraction of sp³-hybridized carbons (Fsp3) is 0.100. The first-order valence-electron chi connectivity index (χ1n) is 8.89. The van der Waals surface area contributed by atoms with E-state index in [4.69, 9.17) is 14.5 Å². The van der Waals surface area contributed by atoms with E-state index in [1.807, 2.05) is 36.4 Å². The lowest BCUT2D eigenvalue weighted by molar-refractivity contribution is 0.355. The van der Waals surface area contributed by atoms with Gasteiger partial charge in [-0.2, -0.15) is 10.2 Å². The first-order valence-corrected chi connectivity index (χ1v) is 8.89. The molecule has 9 heteroatoms. The number of aromatic amines is 2. The van der Waals surface area contributed by atoms with Crippen LogP contribution in [-0.2, 0) is 0 Å². The van der Waals surface area contributed by atoms with Crippen molar-refractivity contribution in [2.75, 3.05) is 19.5 Å². The van der Waals surface area contributed by atoms with Crippen LogP contribution in [0, 0.1) is 0 Å². The smallest absolute Gasteiger partial charge is 0.162 e. The number of methoxy groups -OCH3 is 2. The summed E-state index contributed by atoms with van der Waals surface area (Å²) in [4.78, 5) is 9.36. The topological polar surface area (TPSA) is 114 Å². The van der Waals surface area contributed by atoms with Gasteiger partial charge in [-0.1, -0.05) is 12.1 Å². The number of aromatic nitrogens is 6. The summed E-state index contributed by atoms with van der Waals surface area (Å²) in [5.74, 6) is 2.47. The average Bonchev–Trinajstić information content (AvgIpc) is 3.42. The zero-order valence-electron chi connectivity index (χ0n) is 15.7. The third-order valence-corrected chi connectivity index (χ3v) is 4.65.